The fourth-order valence-electron chi connectivity index (χ4n) is 3.24. The number of ether oxygens (including phenoxy) is 2. The van der Waals surface area contributed by atoms with Crippen LogP contribution in [0.5, 0.6) is 11.5 Å². The van der Waals surface area contributed by atoms with Crippen LogP contribution in [0.15, 0.2) is 6.07 Å². The highest BCUT2D eigenvalue weighted by molar-refractivity contribution is 6.32. The maximum atomic E-state index is 6.60. The standard InChI is InChI=1S/C16H22ClNO2/c1-10-7-13-15(17)11(8-12-5-3-4-6-18-12)9-14(19-2)16(13)20-10/h9-10,12,18H,3-8H2,1-2H3. The van der Waals surface area contributed by atoms with Crippen molar-refractivity contribution in [3.63, 3.8) is 0 Å². The summed E-state index contributed by atoms with van der Waals surface area (Å²) in [5, 5.41) is 4.45. The van der Waals surface area contributed by atoms with Gasteiger partial charge in [0.2, 0.25) is 0 Å². The summed E-state index contributed by atoms with van der Waals surface area (Å²) >= 11 is 6.60. The van der Waals surface area contributed by atoms with Gasteiger partial charge < -0.3 is 14.8 Å². The van der Waals surface area contributed by atoms with E-state index in [9.17, 15) is 0 Å². The van der Waals surface area contributed by atoms with Crippen molar-refractivity contribution < 1.29 is 9.47 Å². The highest BCUT2D eigenvalue weighted by atomic mass is 35.5. The molecular weight excluding hydrogens is 274 g/mol. The number of methoxy groups -OCH3 is 1. The Kier molecular flexibility index (Phi) is 4.08. The number of nitrogens with one attached hydrogen (secondary N) is 1. The predicted molar refractivity (Wildman–Crippen MR) is 81.1 cm³/mol. The predicted octanol–water partition coefficient (Wildman–Crippen LogP) is 3.36. The van der Waals surface area contributed by atoms with Gasteiger partial charge in [-0.3, -0.25) is 0 Å². The van der Waals surface area contributed by atoms with E-state index in [1.807, 2.05) is 0 Å². The topological polar surface area (TPSA) is 30.5 Å². The van der Waals surface area contributed by atoms with Crippen molar-refractivity contribution in [1.29, 1.82) is 0 Å². The van der Waals surface area contributed by atoms with Crippen LogP contribution in [0.4, 0.5) is 0 Å². The molecule has 110 valence electrons. The third-order valence-corrected chi connectivity index (χ3v) is 4.73. The molecule has 3 nitrogen and oxygen atoms in total. The maximum Gasteiger partial charge on any atom is 0.166 e. The summed E-state index contributed by atoms with van der Waals surface area (Å²) in [7, 11) is 1.69. The van der Waals surface area contributed by atoms with Crippen LogP contribution in [0.25, 0.3) is 0 Å². The van der Waals surface area contributed by atoms with Gasteiger partial charge in [-0.05, 0) is 44.4 Å². The summed E-state index contributed by atoms with van der Waals surface area (Å²) in [6, 6.07) is 2.58. The van der Waals surface area contributed by atoms with Crippen molar-refractivity contribution in [2.24, 2.45) is 0 Å². The lowest BCUT2D eigenvalue weighted by molar-refractivity contribution is 0.243. The minimum Gasteiger partial charge on any atom is -0.493 e. The van der Waals surface area contributed by atoms with Crippen LogP contribution in [0.3, 0.4) is 0 Å². The summed E-state index contributed by atoms with van der Waals surface area (Å²) in [5.41, 5.74) is 2.30. The first-order valence-electron chi connectivity index (χ1n) is 7.47. The van der Waals surface area contributed by atoms with E-state index in [4.69, 9.17) is 21.1 Å². The van der Waals surface area contributed by atoms with Gasteiger partial charge in [0, 0.05) is 18.0 Å². The quantitative estimate of drug-likeness (QED) is 0.927. The lowest BCUT2D eigenvalue weighted by Gasteiger charge is -2.24. The summed E-state index contributed by atoms with van der Waals surface area (Å²) in [4.78, 5) is 0. The SMILES string of the molecule is COc1cc(CC2CCCCN2)c(Cl)c2c1OC(C)C2. The van der Waals surface area contributed by atoms with Gasteiger partial charge in [0.15, 0.2) is 11.5 Å². The fourth-order valence-corrected chi connectivity index (χ4v) is 3.53. The number of hydrogen-bond acceptors (Lipinski definition) is 3. The molecule has 4 heteroatoms. The summed E-state index contributed by atoms with van der Waals surface area (Å²) in [5.74, 6) is 1.66. The number of rotatable bonds is 3. The Balaban J connectivity index is 1.89. The Hall–Kier alpha value is -0.930. The molecule has 3 rings (SSSR count). The normalized spacial score (nSPS) is 25.1. The number of benzene rings is 1. The van der Waals surface area contributed by atoms with E-state index in [1.165, 1.54) is 24.8 Å². The van der Waals surface area contributed by atoms with Gasteiger partial charge >= 0.3 is 0 Å². The molecule has 20 heavy (non-hydrogen) atoms. The zero-order valence-corrected chi connectivity index (χ0v) is 12.9. The van der Waals surface area contributed by atoms with Gasteiger partial charge in [-0.2, -0.15) is 0 Å². The zero-order valence-electron chi connectivity index (χ0n) is 12.2. The second kappa shape index (κ2) is 5.82. The van der Waals surface area contributed by atoms with Crippen LogP contribution in [-0.2, 0) is 12.8 Å². The van der Waals surface area contributed by atoms with Crippen LogP contribution in [-0.4, -0.2) is 25.8 Å². The molecule has 1 saturated heterocycles. The molecule has 1 N–H and O–H groups in total. The van der Waals surface area contributed by atoms with Gasteiger partial charge in [0.05, 0.1) is 12.1 Å². The summed E-state index contributed by atoms with van der Waals surface area (Å²) in [6.07, 6.45) is 5.83. The van der Waals surface area contributed by atoms with Gasteiger partial charge in [-0.25, -0.2) is 0 Å². The fraction of sp³-hybridized carbons (Fsp3) is 0.625. The first-order chi connectivity index (χ1) is 9.69. The molecule has 0 bridgehead atoms. The maximum absolute atomic E-state index is 6.60. The molecule has 2 unspecified atom stereocenters. The van der Waals surface area contributed by atoms with Crippen molar-refractivity contribution in [2.75, 3.05) is 13.7 Å². The summed E-state index contributed by atoms with van der Waals surface area (Å²) in [6.45, 7) is 3.18. The Morgan fingerprint density at radius 3 is 3.00 bits per heavy atom. The van der Waals surface area contributed by atoms with Crippen molar-refractivity contribution >= 4 is 11.6 Å². The second-order valence-electron chi connectivity index (χ2n) is 5.84. The Morgan fingerprint density at radius 1 is 1.45 bits per heavy atom. The monoisotopic (exact) mass is 295 g/mol. The van der Waals surface area contributed by atoms with Gasteiger partial charge in [-0.15, -0.1) is 0 Å². The average Bonchev–Trinajstić information content (AvgIpc) is 2.85. The Labute approximate surface area is 125 Å². The third kappa shape index (κ3) is 2.61. The van der Waals surface area contributed by atoms with E-state index < -0.39 is 0 Å². The minimum atomic E-state index is 0.180. The van der Waals surface area contributed by atoms with Crippen LogP contribution in [0, 0.1) is 0 Å². The molecule has 0 radical (unpaired) electrons. The minimum absolute atomic E-state index is 0.180. The Bertz CT molecular complexity index is 498. The lowest BCUT2D eigenvalue weighted by atomic mass is 9.95. The second-order valence-corrected chi connectivity index (χ2v) is 6.22. The molecular formula is C16H22ClNO2. The molecule has 2 heterocycles. The number of halogens is 1. The molecule has 0 spiro atoms. The molecule has 2 aliphatic heterocycles. The molecule has 1 aromatic carbocycles. The van der Waals surface area contributed by atoms with Crippen LogP contribution in [0.1, 0.15) is 37.3 Å². The molecule has 0 saturated carbocycles. The summed E-state index contributed by atoms with van der Waals surface area (Å²) < 4.78 is 11.3. The van der Waals surface area contributed by atoms with Crippen molar-refractivity contribution in [3.05, 3.63) is 22.2 Å². The van der Waals surface area contributed by atoms with E-state index in [-0.39, 0.29) is 6.10 Å². The van der Waals surface area contributed by atoms with Crippen molar-refractivity contribution in [1.82, 2.24) is 5.32 Å². The highest BCUT2D eigenvalue weighted by Gasteiger charge is 2.28. The first-order valence-corrected chi connectivity index (χ1v) is 7.85. The van der Waals surface area contributed by atoms with Crippen molar-refractivity contribution in [3.8, 4) is 11.5 Å². The van der Waals surface area contributed by atoms with E-state index in [1.54, 1.807) is 7.11 Å². The number of fused-ring (bicyclic) bond motifs is 1. The molecule has 2 atom stereocenters. The van der Waals surface area contributed by atoms with Gasteiger partial charge in [-0.1, -0.05) is 18.0 Å². The van der Waals surface area contributed by atoms with E-state index in [2.05, 4.69) is 18.3 Å². The molecule has 0 aromatic heterocycles. The lowest BCUT2D eigenvalue weighted by Crippen LogP contribution is -2.35. The van der Waals surface area contributed by atoms with Crippen LogP contribution in [0.2, 0.25) is 5.02 Å². The van der Waals surface area contributed by atoms with Gasteiger partial charge in [0.1, 0.15) is 6.10 Å². The van der Waals surface area contributed by atoms with E-state index >= 15 is 0 Å². The molecule has 0 amide bonds. The Morgan fingerprint density at radius 2 is 2.30 bits per heavy atom. The third-order valence-electron chi connectivity index (χ3n) is 4.26. The average molecular weight is 296 g/mol. The highest BCUT2D eigenvalue weighted by Crippen LogP contribution is 2.44. The first kappa shape index (κ1) is 14.0. The van der Waals surface area contributed by atoms with Crippen LogP contribution >= 0.6 is 11.6 Å². The molecule has 2 aliphatic rings. The van der Waals surface area contributed by atoms with Crippen LogP contribution < -0.4 is 14.8 Å². The number of piperidine rings is 1. The number of hydrogen-bond donors (Lipinski definition) is 1. The molecule has 0 aliphatic carbocycles. The largest absolute Gasteiger partial charge is 0.493 e. The molecule has 1 fully saturated rings. The smallest absolute Gasteiger partial charge is 0.166 e. The zero-order chi connectivity index (χ0) is 14.1. The van der Waals surface area contributed by atoms with E-state index in [0.29, 0.717) is 6.04 Å². The van der Waals surface area contributed by atoms with E-state index in [0.717, 1.165) is 41.5 Å². The van der Waals surface area contributed by atoms with Crippen molar-refractivity contribution in [2.45, 2.75) is 51.2 Å². The molecule has 1 aromatic rings. The van der Waals surface area contributed by atoms with Gasteiger partial charge in [0.25, 0.3) is 0 Å².